The number of halogens is 1. The van der Waals surface area contributed by atoms with E-state index in [0.29, 0.717) is 19.8 Å². The molecule has 0 spiro atoms. The monoisotopic (exact) mass is 502 g/mol. The van der Waals surface area contributed by atoms with Gasteiger partial charge in [-0.05, 0) is 63.3 Å². The second-order valence-electron chi connectivity index (χ2n) is 7.69. The highest BCUT2D eigenvalue weighted by molar-refractivity contribution is 9.10. The molecule has 0 aliphatic carbocycles. The Balaban J connectivity index is 1.56. The Morgan fingerprint density at radius 2 is 1.18 bits per heavy atom. The van der Waals surface area contributed by atoms with Crippen LogP contribution in [0.4, 0.5) is 0 Å². The lowest BCUT2D eigenvalue weighted by molar-refractivity contribution is 0.287. The Morgan fingerprint density at radius 1 is 0.606 bits per heavy atom. The van der Waals surface area contributed by atoms with E-state index in [1.165, 1.54) is 5.56 Å². The molecule has 33 heavy (non-hydrogen) atoms. The predicted octanol–water partition coefficient (Wildman–Crippen LogP) is 7.60. The summed E-state index contributed by atoms with van der Waals surface area (Å²) >= 11 is 3.70. The number of ether oxygens (including phenoxy) is 3. The molecule has 0 atom stereocenters. The van der Waals surface area contributed by atoms with E-state index in [-0.39, 0.29) is 0 Å². The smallest absolute Gasteiger partial charge is 0.137 e. The third-order valence-corrected chi connectivity index (χ3v) is 5.84. The summed E-state index contributed by atoms with van der Waals surface area (Å²) in [6.45, 7) is 3.64. The van der Waals surface area contributed by atoms with E-state index in [9.17, 15) is 0 Å². The fraction of sp³-hybridized carbons (Fsp3) is 0.172. The average molecular weight is 503 g/mol. The maximum Gasteiger partial charge on any atom is 0.137 e. The van der Waals surface area contributed by atoms with Gasteiger partial charge in [0, 0.05) is 12.5 Å². The average Bonchev–Trinajstić information content (AvgIpc) is 2.85. The molecule has 4 aromatic rings. The highest BCUT2D eigenvalue weighted by Gasteiger charge is 2.13. The van der Waals surface area contributed by atoms with Crippen LogP contribution in [0.25, 0.3) is 0 Å². The van der Waals surface area contributed by atoms with Crippen molar-refractivity contribution in [3.05, 3.63) is 124 Å². The summed E-state index contributed by atoms with van der Waals surface area (Å²) in [5, 5.41) is 0. The van der Waals surface area contributed by atoms with Crippen molar-refractivity contribution in [1.29, 1.82) is 0 Å². The van der Waals surface area contributed by atoms with E-state index in [0.717, 1.165) is 44.8 Å². The first-order valence-corrected chi connectivity index (χ1v) is 11.9. The summed E-state index contributed by atoms with van der Waals surface area (Å²) < 4.78 is 18.9. The van der Waals surface area contributed by atoms with E-state index in [2.05, 4.69) is 58.4 Å². The van der Waals surface area contributed by atoms with E-state index >= 15 is 0 Å². The van der Waals surface area contributed by atoms with Gasteiger partial charge in [-0.2, -0.15) is 0 Å². The third kappa shape index (κ3) is 6.62. The van der Waals surface area contributed by atoms with Crippen molar-refractivity contribution in [3.8, 4) is 17.2 Å². The second kappa shape index (κ2) is 11.6. The van der Waals surface area contributed by atoms with Gasteiger partial charge in [0.1, 0.15) is 30.5 Å². The van der Waals surface area contributed by atoms with Crippen LogP contribution in [0.5, 0.6) is 17.2 Å². The van der Waals surface area contributed by atoms with Crippen LogP contribution in [-0.4, -0.2) is 6.61 Å². The molecular weight excluding hydrogens is 476 g/mol. The Labute approximate surface area is 204 Å². The zero-order valence-corrected chi connectivity index (χ0v) is 20.3. The number of hydrogen-bond acceptors (Lipinski definition) is 3. The van der Waals surface area contributed by atoms with Crippen molar-refractivity contribution in [2.45, 2.75) is 26.6 Å². The van der Waals surface area contributed by atoms with Gasteiger partial charge in [0.05, 0.1) is 11.1 Å². The SMILES string of the molecule is CCOc1ccc(Cc2cc(Br)c(OCc3ccccc3)cc2OCc2ccccc2)cc1. The van der Waals surface area contributed by atoms with Crippen molar-refractivity contribution in [1.82, 2.24) is 0 Å². The number of benzene rings is 4. The van der Waals surface area contributed by atoms with Crippen LogP contribution in [-0.2, 0) is 19.6 Å². The summed E-state index contributed by atoms with van der Waals surface area (Å²) in [5.74, 6) is 2.46. The van der Waals surface area contributed by atoms with Crippen molar-refractivity contribution in [2.75, 3.05) is 6.61 Å². The van der Waals surface area contributed by atoms with Gasteiger partial charge in [0.25, 0.3) is 0 Å². The topological polar surface area (TPSA) is 27.7 Å². The Kier molecular flexibility index (Phi) is 8.04. The summed E-state index contributed by atoms with van der Waals surface area (Å²) in [4.78, 5) is 0. The first kappa shape index (κ1) is 22.9. The molecule has 0 radical (unpaired) electrons. The van der Waals surface area contributed by atoms with Crippen molar-refractivity contribution < 1.29 is 14.2 Å². The maximum atomic E-state index is 6.28. The predicted molar refractivity (Wildman–Crippen MR) is 136 cm³/mol. The van der Waals surface area contributed by atoms with Gasteiger partial charge in [0.15, 0.2) is 0 Å². The molecule has 168 valence electrons. The molecule has 4 rings (SSSR count). The van der Waals surface area contributed by atoms with Crippen molar-refractivity contribution in [3.63, 3.8) is 0 Å². The third-order valence-electron chi connectivity index (χ3n) is 5.22. The van der Waals surface area contributed by atoms with Crippen LogP contribution in [0.1, 0.15) is 29.2 Å². The Morgan fingerprint density at radius 3 is 1.76 bits per heavy atom. The van der Waals surface area contributed by atoms with E-state index < -0.39 is 0 Å². The summed E-state index contributed by atoms with van der Waals surface area (Å²) in [6.07, 6.45) is 0.744. The molecule has 0 amide bonds. The highest BCUT2D eigenvalue weighted by Crippen LogP contribution is 2.35. The molecule has 0 saturated heterocycles. The van der Waals surface area contributed by atoms with Crippen LogP contribution in [0.15, 0.2) is 102 Å². The minimum Gasteiger partial charge on any atom is -0.494 e. The van der Waals surface area contributed by atoms with Crippen LogP contribution in [0.3, 0.4) is 0 Å². The molecule has 0 unspecified atom stereocenters. The molecule has 0 fully saturated rings. The summed E-state index contributed by atoms with van der Waals surface area (Å²) in [5.41, 5.74) is 4.52. The van der Waals surface area contributed by atoms with Crippen molar-refractivity contribution >= 4 is 15.9 Å². The van der Waals surface area contributed by atoms with Gasteiger partial charge in [-0.3, -0.25) is 0 Å². The number of hydrogen-bond donors (Lipinski definition) is 0. The first-order valence-electron chi connectivity index (χ1n) is 11.1. The normalized spacial score (nSPS) is 10.6. The van der Waals surface area contributed by atoms with Gasteiger partial charge in [-0.1, -0.05) is 72.8 Å². The lowest BCUT2D eigenvalue weighted by atomic mass is 10.0. The molecule has 0 heterocycles. The van der Waals surface area contributed by atoms with Gasteiger partial charge in [-0.15, -0.1) is 0 Å². The summed E-state index contributed by atoms with van der Waals surface area (Å²) in [6, 6.07) is 32.6. The van der Waals surface area contributed by atoms with Gasteiger partial charge >= 0.3 is 0 Å². The van der Waals surface area contributed by atoms with Gasteiger partial charge < -0.3 is 14.2 Å². The second-order valence-corrected chi connectivity index (χ2v) is 8.55. The van der Waals surface area contributed by atoms with Crippen LogP contribution in [0.2, 0.25) is 0 Å². The molecular formula is C29H27BrO3. The minimum atomic E-state index is 0.496. The zero-order chi connectivity index (χ0) is 22.9. The van der Waals surface area contributed by atoms with E-state index in [1.807, 2.05) is 61.5 Å². The molecule has 4 heteroatoms. The summed E-state index contributed by atoms with van der Waals surface area (Å²) in [7, 11) is 0. The molecule has 0 aliphatic heterocycles. The molecule has 0 N–H and O–H groups in total. The molecule has 0 bridgehead atoms. The van der Waals surface area contributed by atoms with E-state index in [4.69, 9.17) is 14.2 Å². The Hall–Kier alpha value is -3.24. The maximum absolute atomic E-state index is 6.28. The zero-order valence-electron chi connectivity index (χ0n) is 18.7. The standard InChI is InChI=1S/C29H27BrO3/c1-2-31-26-15-13-22(14-16-26)17-25-18-27(30)29(33-21-24-11-7-4-8-12-24)19-28(25)32-20-23-9-5-3-6-10-23/h3-16,18-19H,2,17,20-21H2,1H3. The fourth-order valence-electron chi connectivity index (χ4n) is 3.52. The molecule has 0 aromatic heterocycles. The fourth-order valence-corrected chi connectivity index (χ4v) is 4.03. The van der Waals surface area contributed by atoms with Crippen LogP contribution in [0, 0.1) is 0 Å². The van der Waals surface area contributed by atoms with Gasteiger partial charge in [0.2, 0.25) is 0 Å². The lowest BCUT2D eigenvalue weighted by Crippen LogP contribution is -2.02. The lowest BCUT2D eigenvalue weighted by Gasteiger charge is -2.16. The van der Waals surface area contributed by atoms with Gasteiger partial charge in [-0.25, -0.2) is 0 Å². The van der Waals surface area contributed by atoms with Crippen LogP contribution >= 0.6 is 15.9 Å². The largest absolute Gasteiger partial charge is 0.494 e. The molecule has 3 nitrogen and oxygen atoms in total. The minimum absolute atomic E-state index is 0.496. The Bertz CT molecular complexity index is 1140. The van der Waals surface area contributed by atoms with Crippen molar-refractivity contribution in [2.24, 2.45) is 0 Å². The highest BCUT2D eigenvalue weighted by atomic mass is 79.9. The number of rotatable bonds is 10. The molecule has 4 aromatic carbocycles. The first-order chi connectivity index (χ1) is 16.2. The van der Waals surface area contributed by atoms with Crippen LogP contribution < -0.4 is 14.2 Å². The quantitative estimate of drug-likeness (QED) is 0.223. The molecule has 0 saturated carbocycles. The van der Waals surface area contributed by atoms with E-state index in [1.54, 1.807) is 0 Å². The molecule has 0 aliphatic rings.